The molecular weight excluding hydrogens is 528 g/mol. The number of hydrogen-bond acceptors (Lipinski definition) is 5. The Balaban J connectivity index is 1.56. The van der Waals surface area contributed by atoms with Gasteiger partial charge in [-0.3, -0.25) is 4.79 Å². The summed E-state index contributed by atoms with van der Waals surface area (Å²) in [7, 11) is -4.21. The van der Waals surface area contributed by atoms with Crippen molar-refractivity contribution in [2.24, 2.45) is 0 Å². The molecule has 0 saturated carbocycles. The topological polar surface area (TPSA) is 97.2 Å². The summed E-state index contributed by atoms with van der Waals surface area (Å²) in [4.78, 5) is 14.0. The van der Waals surface area contributed by atoms with E-state index in [4.69, 9.17) is 0 Å². The maximum atomic E-state index is 14.3. The molecule has 0 radical (unpaired) electrons. The highest BCUT2D eigenvalue weighted by Crippen LogP contribution is 2.29. The zero-order valence-corrected chi connectivity index (χ0v) is 19.7. The van der Waals surface area contributed by atoms with Crippen molar-refractivity contribution in [3.8, 4) is 0 Å². The van der Waals surface area contributed by atoms with Gasteiger partial charge in [-0.15, -0.1) is 10.2 Å². The molecule has 4 rings (SSSR count). The molecule has 1 amide bonds. The van der Waals surface area contributed by atoms with Crippen molar-refractivity contribution in [2.75, 3.05) is 6.54 Å². The molecule has 1 N–H and O–H groups in total. The van der Waals surface area contributed by atoms with Crippen LogP contribution in [0.3, 0.4) is 0 Å². The summed E-state index contributed by atoms with van der Waals surface area (Å²) < 4.78 is 110. The number of amides is 1. The highest BCUT2D eigenvalue weighted by atomic mass is 32.2. The number of aromatic nitrogens is 3. The fourth-order valence-electron chi connectivity index (χ4n) is 3.95. The summed E-state index contributed by atoms with van der Waals surface area (Å²) >= 11 is 0. The second-order valence-electron chi connectivity index (χ2n) is 8.30. The van der Waals surface area contributed by atoms with Crippen LogP contribution in [0.1, 0.15) is 23.6 Å². The van der Waals surface area contributed by atoms with Crippen molar-refractivity contribution in [1.82, 2.24) is 24.4 Å². The first-order valence-electron chi connectivity index (χ1n) is 10.8. The minimum Gasteiger partial charge on any atom is -0.333 e. The second kappa shape index (κ2) is 10.1. The van der Waals surface area contributed by atoms with Gasteiger partial charge in [-0.1, -0.05) is 18.2 Å². The van der Waals surface area contributed by atoms with Gasteiger partial charge in [-0.05, 0) is 30.2 Å². The molecule has 0 fully saturated rings. The van der Waals surface area contributed by atoms with E-state index in [-0.39, 0.29) is 35.9 Å². The summed E-state index contributed by atoms with van der Waals surface area (Å²) in [6, 6.07) is 6.65. The van der Waals surface area contributed by atoms with E-state index in [1.54, 1.807) is 6.07 Å². The predicted molar refractivity (Wildman–Crippen MR) is 116 cm³/mol. The van der Waals surface area contributed by atoms with Crippen molar-refractivity contribution >= 4 is 15.9 Å². The number of carbonyl (C=O) groups is 1. The van der Waals surface area contributed by atoms with Crippen LogP contribution >= 0.6 is 0 Å². The Bertz CT molecular complexity index is 1410. The van der Waals surface area contributed by atoms with Crippen LogP contribution in [-0.4, -0.2) is 46.6 Å². The van der Waals surface area contributed by atoms with E-state index >= 15 is 0 Å². The first kappa shape index (κ1) is 26.6. The van der Waals surface area contributed by atoms with E-state index in [0.717, 1.165) is 9.47 Å². The monoisotopic (exact) mass is 547 g/mol. The molecule has 0 bridgehead atoms. The Morgan fingerprint density at radius 1 is 1.00 bits per heavy atom. The molecule has 1 aromatic heterocycles. The molecule has 0 aliphatic carbocycles. The van der Waals surface area contributed by atoms with E-state index in [1.807, 2.05) is 0 Å². The number of halogens is 6. The maximum absolute atomic E-state index is 14.3. The minimum absolute atomic E-state index is 0.111. The van der Waals surface area contributed by atoms with Gasteiger partial charge in [0.05, 0.1) is 11.4 Å². The van der Waals surface area contributed by atoms with Gasteiger partial charge >= 0.3 is 6.18 Å². The molecule has 2 heterocycles. The first-order chi connectivity index (χ1) is 17.3. The van der Waals surface area contributed by atoms with Gasteiger partial charge < -0.3 is 9.47 Å². The second-order valence-corrected chi connectivity index (χ2v) is 10.0. The molecule has 8 nitrogen and oxygen atoms in total. The van der Waals surface area contributed by atoms with Crippen LogP contribution in [0, 0.1) is 17.5 Å². The lowest BCUT2D eigenvalue weighted by Crippen LogP contribution is -2.44. The van der Waals surface area contributed by atoms with Gasteiger partial charge in [0.15, 0.2) is 17.5 Å². The Morgan fingerprint density at radius 3 is 2.35 bits per heavy atom. The van der Waals surface area contributed by atoms with Crippen molar-refractivity contribution < 1.29 is 39.6 Å². The summed E-state index contributed by atoms with van der Waals surface area (Å²) in [5.74, 6) is -5.91. The lowest BCUT2D eigenvalue weighted by molar-refractivity contribution is -0.148. The zero-order chi connectivity index (χ0) is 27.0. The quantitative estimate of drug-likeness (QED) is 0.363. The molecular formula is C22H19F6N5O3S. The van der Waals surface area contributed by atoms with Gasteiger partial charge in [-0.2, -0.15) is 13.2 Å². The summed E-state index contributed by atoms with van der Waals surface area (Å²) in [6.07, 6.45) is -5.79. The summed E-state index contributed by atoms with van der Waals surface area (Å²) in [5.41, 5.74) is -0.374. The number of nitrogens with one attached hydrogen (secondary N) is 1. The average Bonchev–Trinajstić information content (AvgIpc) is 3.27. The van der Waals surface area contributed by atoms with E-state index < -0.39 is 64.3 Å². The molecule has 2 aromatic carbocycles. The van der Waals surface area contributed by atoms with Crippen molar-refractivity contribution in [1.29, 1.82) is 0 Å². The molecule has 0 spiro atoms. The van der Waals surface area contributed by atoms with Crippen LogP contribution in [0.5, 0.6) is 0 Å². The van der Waals surface area contributed by atoms with Gasteiger partial charge in [0.1, 0.15) is 5.82 Å². The van der Waals surface area contributed by atoms with Crippen LogP contribution in [0.15, 0.2) is 47.4 Å². The largest absolute Gasteiger partial charge is 0.451 e. The third-order valence-electron chi connectivity index (χ3n) is 5.71. The molecule has 1 aliphatic heterocycles. The number of sulfonamides is 1. The molecule has 0 saturated heterocycles. The number of benzene rings is 2. The lowest BCUT2D eigenvalue weighted by Gasteiger charge is -2.29. The Labute approximate surface area is 207 Å². The molecule has 1 atom stereocenters. The van der Waals surface area contributed by atoms with E-state index in [9.17, 15) is 39.6 Å². The minimum atomic E-state index is -4.73. The average molecular weight is 547 g/mol. The molecule has 198 valence electrons. The fourth-order valence-corrected chi connectivity index (χ4v) is 5.21. The number of nitrogens with zero attached hydrogens (tertiary/aromatic N) is 4. The number of fused-ring (bicyclic) bond motifs is 1. The third-order valence-corrected chi connectivity index (χ3v) is 7.25. The van der Waals surface area contributed by atoms with Crippen molar-refractivity contribution in [3.63, 3.8) is 0 Å². The number of rotatable bonds is 7. The summed E-state index contributed by atoms with van der Waals surface area (Å²) in [6.45, 7) is -0.717. The maximum Gasteiger partial charge on any atom is 0.451 e. The van der Waals surface area contributed by atoms with Gasteiger partial charge in [0.25, 0.3) is 0 Å². The van der Waals surface area contributed by atoms with E-state index in [0.29, 0.717) is 12.1 Å². The van der Waals surface area contributed by atoms with Gasteiger partial charge in [0.2, 0.25) is 21.8 Å². The molecule has 1 aliphatic rings. The Hall–Kier alpha value is -3.46. The SMILES string of the molecule is O=C(C[C@H](Cc1cc(F)c(F)cc1F)NS(=O)(=O)c1ccccc1)N1CCn2c(nnc2C(F)(F)F)C1. The van der Waals surface area contributed by atoms with Crippen LogP contribution in [-0.2, 0) is 40.5 Å². The highest BCUT2D eigenvalue weighted by Gasteiger charge is 2.40. The van der Waals surface area contributed by atoms with Crippen LogP contribution < -0.4 is 4.72 Å². The molecule has 37 heavy (non-hydrogen) atoms. The molecule has 0 unspecified atom stereocenters. The smallest absolute Gasteiger partial charge is 0.333 e. The zero-order valence-electron chi connectivity index (χ0n) is 18.8. The predicted octanol–water partition coefficient (Wildman–Crippen LogP) is 3.04. The summed E-state index contributed by atoms with van der Waals surface area (Å²) in [5, 5.41) is 6.63. The van der Waals surface area contributed by atoms with Crippen LogP contribution in [0.2, 0.25) is 0 Å². The number of alkyl halides is 3. The number of hydrogen-bond donors (Lipinski definition) is 1. The van der Waals surface area contributed by atoms with Crippen molar-refractivity contribution in [3.05, 3.63) is 77.1 Å². The van der Waals surface area contributed by atoms with Crippen LogP contribution in [0.25, 0.3) is 0 Å². The normalized spacial score (nSPS) is 14.9. The Morgan fingerprint density at radius 2 is 1.68 bits per heavy atom. The first-order valence-corrected chi connectivity index (χ1v) is 12.3. The Kier molecular flexibility index (Phi) is 7.28. The molecule has 15 heteroatoms. The number of carbonyl (C=O) groups excluding carboxylic acids is 1. The lowest BCUT2D eigenvalue weighted by atomic mass is 10.0. The fraction of sp³-hybridized carbons (Fsp3) is 0.318. The van der Waals surface area contributed by atoms with E-state index in [1.165, 1.54) is 24.3 Å². The van der Waals surface area contributed by atoms with Gasteiger partial charge in [0, 0.05) is 31.6 Å². The van der Waals surface area contributed by atoms with E-state index in [2.05, 4.69) is 14.9 Å². The van der Waals surface area contributed by atoms with Crippen LogP contribution in [0.4, 0.5) is 26.3 Å². The standard InChI is InChI=1S/C22H19F6N5O3S/c23-16-11-18(25)17(24)9-13(16)8-14(31-37(35,36)15-4-2-1-3-5-15)10-20(34)32-6-7-33-19(12-32)29-30-21(33)22(26,27)28/h1-5,9,11,14,31H,6-8,10,12H2/t14-/m0/s1. The molecule has 3 aromatic rings. The van der Waals surface area contributed by atoms with Gasteiger partial charge in [-0.25, -0.2) is 26.3 Å². The highest BCUT2D eigenvalue weighted by molar-refractivity contribution is 7.89. The van der Waals surface area contributed by atoms with Crippen molar-refractivity contribution in [2.45, 2.75) is 43.0 Å². The third kappa shape index (κ3) is 5.93.